The number of hydrogen-bond donors (Lipinski definition) is 1. The third-order valence-electron chi connectivity index (χ3n) is 4.20. The average molecular weight is 376 g/mol. The van der Waals surface area contributed by atoms with E-state index in [9.17, 15) is 22.8 Å². The number of alkyl halides is 3. The third kappa shape index (κ3) is 3.62. The van der Waals surface area contributed by atoms with Crippen molar-refractivity contribution >= 4 is 23.2 Å². The van der Waals surface area contributed by atoms with Crippen molar-refractivity contribution in [3.8, 4) is 0 Å². The molecule has 0 aromatic carbocycles. The van der Waals surface area contributed by atoms with Crippen LogP contribution in [-0.2, 0) is 11.3 Å². The van der Waals surface area contributed by atoms with Crippen molar-refractivity contribution < 1.29 is 23.1 Å². The summed E-state index contributed by atoms with van der Waals surface area (Å²) >= 11 is 5.81. The molecule has 1 aliphatic heterocycles. The van der Waals surface area contributed by atoms with E-state index in [1.54, 1.807) is 6.07 Å². The van der Waals surface area contributed by atoms with Crippen LogP contribution in [0.2, 0.25) is 5.02 Å². The molecule has 2 aromatic rings. The van der Waals surface area contributed by atoms with Crippen molar-refractivity contribution in [1.29, 1.82) is 0 Å². The van der Waals surface area contributed by atoms with Crippen LogP contribution in [0.3, 0.4) is 0 Å². The summed E-state index contributed by atoms with van der Waals surface area (Å²) in [5.41, 5.74) is 0.177. The van der Waals surface area contributed by atoms with Crippen molar-refractivity contribution in [1.82, 2.24) is 14.3 Å². The summed E-state index contributed by atoms with van der Waals surface area (Å²) in [7, 11) is 0. The number of aliphatic carboxylic acids is 1. The normalized spacial score (nSPS) is 21.8. The van der Waals surface area contributed by atoms with Gasteiger partial charge in [-0.25, -0.2) is 4.98 Å². The number of aromatic nitrogens is 2. The monoisotopic (exact) mass is 375 g/mol. The van der Waals surface area contributed by atoms with Crippen LogP contribution in [0.4, 0.5) is 13.2 Å². The molecule has 134 valence electrons. The molecule has 10 heteroatoms. The number of carboxylic acid groups (broad SMARTS) is 1. The van der Waals surface area contributed by atoms with Crippen LogP contribution < -0.4 is 5.56 Å². The van der Waals surface area contributed by atoms with Crippen molar-refractivity contribution in [2.24, 2.45) is 11.8 Å². The number of carboxylic acids is 1. The Hall–Kier alpha value is -2.13. The molecule has 1 fully saturated rings. The van der Waals surface area contributed by atoms with Gasteiger partial charge in [0.05, 0.1) is 22.6 Å². The Morgan fingerprint density at radius 2 is 2.08 bits per heavy atom. The van der Waals surface area contributed by atoms with Crippen LogP contribution in [0.25, 0.3) is 5.65 Å². The topological polar surface area (TPSA) is 74.9 Å². The lowest BCUT2D eigenvalue weighted by Crippen LogP contribution is -2.33. The highest BCUT2D eigenvalue weighted by Gasteiger charge is 2.52. The SMILES string of the molecule is O=C(O)[C@@H]1CN(Cc2cc(=O)n3cc(Cl)ccc3n2)C[C@H]1C(F)(F)F. The van der Waals surface area contributed by atoms with E-state index in [2.05, 4.69) is 4.98 Å². The number of rotatable bonds is 3. The van der Waals surface area contributed by atoms with Gasteiger partial charge in [0.2, 0.25) is 0 Å². The molecule has 25 heavy (non-hydrogen) atoms. The second-order valence-electron chi connectivity index (χ2n) is 5.95. The Labute approximate surface area is 144 Å². The van der Waals surface area contributed by atoms with E-state index in [0.717, 1.165) is 0 Å². The fourth-order valence-corrected chi connectivity index (χ4v) is 3.19. The van der Waals surface area contributed by atoms with E-state index in [0.29, 0.717) is 10.7 Å². The third-order valence-corrected chi connectivity index (χ3v) is 4.42. The van der Waals surface area contributed by atoms with Gasteiger partial charge in [0.1, 0.15) is 5.65 Å². The van der Waals surface area contributed by atoms with E-state index < -0.39 is 36.1 Å². The van der Waals surface area contributed by atoms with E-state index in [1.165, 1.54) is 27.6 Å². The number of carbonyl (C=O) groups is 1. The average Bonchev–Trinajstić information content (AvgIpc) is 2.92. The van der Waals surface area contributed by atoms with Gasteiger partial charge in [0, 0.05) is 31.9 Å². The molecule has 2 atom stereocenters. The predicted octanol–water partition coefficient (Wildman–Crippen LogP) is 2.04. The lowest BCUT2D eigenvalue weighted by atomic mass is 9.96. The number of nitrogens with zero attached hydrogens (tertiary/aromatic N) is 3. The largest absolute Gasteiger partial charge is 0.481 e. The summed E-state index contributed by atoms with van der Waals surface area (Å²) in [6, 6.07) is 4.28. The van der Waals surface area contributed by atoms with Gasteiger partial charge in [-0.05, 0) is 12.1 Å². The highest BCUT2D eigenvalue weighted by molar-refractivity contribution is 6.30. The predicted molar refractivity (Wildman–Crippen MR) is 82.4 cm³/mol. The zero-order valence-electron chi connectivity index (χ0n) is 12.7. The fourth-order valence-electron chi connectivity index (χ4n) is 3.03. The number of pyridine rings is 1. The minimum Gasteiger partial charge on any atom is -0.481 e. The molecule has 2 aromatic heterocycles. The Bertz CT molecular complexity index is 884. The summed E-state index contributed by atoms with van der Waals surface area (Å²) in [6.45, 7) is -0.728. The van der Waals surface area contributed by atoms with Crippen LogP contribution in [-0.4, -0.2) is 44.6 Å². The van der Waals surface area contributed by atoms with Gasteiger partial charge in [0.25, 0.3) is 5.56 Å². The zero-order chi connectivity index (χ0) is 18.4. The first kappa shape index (κ1) is 17.7. The van der Waals surface area contributed by atoms with Crippen LogP contribution in [0.5, 0.6) is 0 Å². The zero-order valence-corrected chi connectivity index (χ0v) is 13.5. The standard InChI is InChI=1S/C15H13ClF3N3O3/c16-8-1-2-12-20-9(3-13(23)22(12)4-8)5-21-6-10(14(24)25)11(7-21)15(17,18)19/h1-4,10-11H,5-7H2,(H,24,25)/t10-,11-/m1/s1. The second-order valence-corrected chi connectivity index (χ2v) is 6.38. The van der Waals surface area contributed by atoms with Crippen molar-refractivity contribution in [3.63, 3.8) is 0 Å². The molecule has 0 radical (unpaired) electrons. The van der Waals surface area contributed by atoms with Gasteiger partial charge in [-0.3, -0.25) is 18.9 Å². The highest BCUT2D eigenvalue weighted by Crippen LogP contribution is 2.38. The van der Waals surface area contributed by atoms with Crippen LogP contribution in [0.15, 0.2) is 29.2 Å². The fraction of sp³-hybridized carbons (Fsp3) is 0.400. The molecule has 1 aliphatic rings. The molecule has 0 bridgehead atoms. The minimum atomic E-state index is -4.59. The number of likely N-dealkylation sites (tertiary alicyclic amines) is 1. The molecule has 6 nitrogen and oxygen atoms in total. The molecule has 0 unspecified atom stereocenters. The molecule has 3 heterocycles. The molecular weight excluding hydrogens is 363 g/mol. The maximum atomic E-state index is 13.0. The van der Waals surface area contributed by atoms with Crippen molar-refractivity contribution in [3.05, 3.63) is 45.5 Å². The van der Waals surface area contributed by atoms with Gasteiger partial charge in [-0.15, -0.1) is 0 Å². The van der Waals surface area contributed by atoms with Crippen molar-refractivity contribution in [2.45, 2.75) is 12.7 Å². The molecular formula is C15H13ClF3N3O3. The molecule has 0 amide bonds. The summed E-state index contributed by atoms with van der Waals surface area (Å²) < 4.78 is 40.3. The van der Waals surface area contributed by atoms with Crippen LogP contribution in [0, 0.1) is 11.8 Å². The Morgan fingerprint density at radius 3 is 2.68 bits per heavy atom. The van der Waals surface area contributed by atoms with E-state index in [4.69, 9.17) is 16.7 Å². The highest BCUT2D eigenvalue weighted by atomic mass is 35.5. The summed E-state index contributed by atoms with van der Waals surface area (Å²) in [5.74, 6) is -4.95. The van der Waals surface area contributed by atoms with E-state index in [1.807, 2.05) is 0 Å². The van der Waals surface area contributed by atoms with Gasteiger partial charge in [-0.2, -0.15) is 13.2 Å². The van der Waals surface area contributed by atoms with Crippen molar-refractivity contribution in [2.75, 3.05) is 13.1 Å². The Balaban J connectivity index is 1.85. The first-order valence-corrected chi connectivity index (χ1v) is 7.72. The Morgan fingerprint density at radius 1 is 1.36 bits per heavy atom. The summed E-state index contributed by atoms with van der Waals surface area (Å²) in [4.78, 5) is 28.8. The summed E-state index contributed by atoms with van der Waals surface area (Å²) in [6.07, 6.45) is -3.20. The van der Waals surface area contributed by atoms with Gasteiger partial charge in [0.15, 0.2) is 0 Å². The van der Waals surface area contributed by atoms with Crippen LogP contribution >= 0.6 is 11.6 Å². The maximum absolute atomic E-state index is 13.0. The quantitative estimate of drug-likeness (QED) is 0.888. The van der Waals surface area contributed by atoms with Gasteiger partial charge in [-0.1, -0.05) is 11.6 Å². The first-order chi connectivity index (χ1) is 11.6. The molecule has 1 N–H and O–H groups in total. The smallest absolute Gasteiger partial charge is 0.393 e. The Kier molecular flexibility index (Phi) is 4.46. The number of halogens is 4. The second kappa shape index (κ2) is 6.30. The van der Waals surface area contributed by atoms with Gasteiger partial charge >= 0.3 is 12.1 Å². The maximum Gasteiger partial charge on any atom is 0.393 e. The van der Waals surface area contributed by atoms with Crippen LogP contribution in [0.1, 0.15) is 5.69 Å². The lowest BCUT2D eigenvalue weighted by Gasteiger charge is -2.18. The molecule has 0 aliphatic carbocycles. The number of hydrogen-bond acceptors (Lipinski definition) is 4. The van der Waals surface area contributed by atoms with Gasteiger partial charge < -0.3 is 5.11 Å². The van der Waals surface area contributed by atoms with E-state index in [-0.39, 0.29) is 18.8 Å². The molecule has 1 saturated heterocycles. The molecule has 0 spiro atoms. The summed E-state index contributed by atoms with van der Waals surface area (Å²) in [5, 5.41) is 9.38. The lowest BCUT2D eigenvalue weighted by molar-refractivity contribution is -0.188. The number of fused-ring (bicyclic) bond motifs is 1. The van der Waals surface area contributed by atoms with E-state index >= 15 is 0 Å². The molecule has 3 rings (SSSR count). The molecule has 0 saturated carbocycles. The first-order valence-electron chi connectivity index (χ1n) is 7.35. The minimum absolute atomic E-state index is 0.0370.